The maximum Gasteiger partial charge on any atom is 0.168 e. The molecule has 0 radical (unpaired) electrons. The van der Waals surface area contributed by atoms with Gasteiger partial charge in [-0.05, 0) is 190 Å². The molecular weight excluding hydrogens is 789 g/mol. The lowest BCUT2D eigenvalue weighted by Crippen LogP contribution is -2.39. The van der Waals surface area contributed by atoms with Gasteiger partial charge in [0.15, 0.2) is 22.5 Å². The van der Waals surface area contributed by atoms with Crippen LogP contribution in [0.25, 0.3) is 0 Å². The highest BCUT2D eigenvalue weighted by atomic mass is 31.2. The van der Waals surface area contributed by atoms with E-state index >= 15 is 0 Å². The molecule has 0 aromatic rings. The van der Waals surface area contributed by atoms with Crippen molar-refractivity contribution in [1.82, 2.24) is 42.0 Å². The van der Waals surface area contributed by atoms with Crippen LogP contribution in [-0.2, 0) is 0 Å². The maximum atomic E-state index is 5.58. The minimum Gasteiger partial charge on any atom is -0.255 e. The van der Waals surface area contributed by atoms with E-state index in [1.54, 1.807) is 0 Å². The fourth-order valence-corrected chi connectivity index (χ4v) is 20.5. The highest BCUT2D eigenvalue weighted by molar-refractivity contribution is 7.59. The molecule has 3 aliphatic rings. The summed E-state index contributed by atoms with van der Waals surface area (Å²) in [6.07, 6.45) is 9.27. The van der Waals surface area contributed by atoms with Crippen molar-refractivity contribution in [3.05, 3.63) is 0 Å². The molecule has 0 unspecified atom stereocenters. The average molecular weight is 897 g/mol. The van der Waals surface area contributed by atoms with Crippen LogP contribution in [0.5, 0.6) is 0 Å². The Morgan fingerprint density at radius 3 is 0.763 bits per heavy atom. The van der Waals surface area contributed by atoms with E-state index in [0.29, 0.717) is 0 Å². The summed E-state index contributed by atoms with van der Waals surface area (Å²) >= 11 is 0. The van der Waals surface area contributed by atoms with Gasteiger partial charge in [0.1, 0.15) is 0 Å². The van der Waals surface area contributed by atoms with E-state index in [9.17, 15) is 0 Å². The van der Waals surface area contributed by atoms with Gasteiger partial charge in [-0.25, -0.2) is 14.0 Å². The molecule has 59 heavy (non-hydrogen) atoms. The molecular formula is C44H107N12P3. The molecule has 0 bridgehead atoms. The minimum absolute atomic E-state index is 0.0212. The zero-order chi connectivity index (χ0) is 47.0. The number of hydrogen-bond acceptors (Lipinski definition) is 3. The van der Waals surface area contributed by atoms with Crippen molar-refractivity contribution in [3.63, 3.8) is 0 Å². The van der Waals surface area contributed by atoms with Crippen molar-refractivity contribution < 1.29 is 0 Å². The third kappa shape index (κ3) is 18.8. The number of rotatable bonds is 11. The van der Waals surface area contributed by atoms with E-state index in [1.165, 1.54) is 77.8 Å². The molecule has 3 aliphatic heterocycles. The maximum absolute atomic E-state index is 5.58. The molecule has 3 fully saturated rings. The van der Waals surface area contributed by atoms with E-state index in [-0.39, 0.29) is 22.0 Å². The van der Waals surface area contributed by atoms with Crippen molar-refractivity contribution in [1.29, 1.82) is 0 Å². The van der Waals surface area contributed by atoms with Crippen molar-refractivity contribution in [2.75, 3.05) is 124 Å². The Balaban J connectivity index is 0. The van der Waals surface area contributed by atoms with Crippen LogP contribution in [0.1, 0.15) is 149 Å². The van der Waals surface area contributed by atoms with Gasteiger partial charge in [0.25, 0.3) is 0 Å². The highest BCUT2D eigenvalue weighted by Crippen LogP contribution is 2.64. The molecule has 0 aromatic carbocycles. The van der Waals surface area contributed by atoms with Crippen LogP contribution in [-0.4, -0.2) is 182 Å². The third-order valence-electron chi connectivity index (χ3n) is 9.84. The Hall–Kier alpha value is 0.330. The first-order valence-corrected chi connectivity index (χ1v) is 27.8. The smallest absolute Gasteiger partial charge is 0.168 e. The molecule has 0 amide bonds. The summed E-state index contributed by atoms with van der Waals surface area (Å²) in [6, 6.07) is 0. The molecule has 358 valence electrons. The van der Waals surface area contributed by atoms with Crippen LogP contribution in [0.3, 0.4) is 0 Å². The van der Waals surface area contributed by atoms with Crippen molar-refractivity contribution in [2.45, 2.75) is 165 Å². The SMILES string of the molecule is CC.CC.CC(C)(C)N=P(N1CCCC1)(N1CCCC1)N1CCCC1.CN(C)P(=NC(C)(C)C)(N(C)C)N(C)C.CN(C)P(=NC(C)(C)CC(C)(C)C)(N(C)C)N(C)C. The Kier molecular flexibility index (Phi) is 27.4. The first kappa shape index (κ1) is 61.4. The lowest BCUT2D eigenvalue weighted by atomic mass is 9.82. The molecule has 0 aromatic heterocycles. The van der Waals surface area contributed by atoms with Gasteiger partial charge in [-0.1, -0.05) is 48.5 Å². The van der Waals surface area contributed by atoms with Crippen molar-refractivity contribution in [2.24, 2.45) is 19.6 Å². The van der Waals surface area contributed by atoms with Crippen molar-refractivity contribution in [3.8, 4) is 0 Å². The zero-order valence-electron chi connectivity index (χ0n) is 44.9. The normalized spacial score (nSPS) is 18.1. The minimum atomic E-state index is -1.79. The molecule has 0 spiro atoms. The molecule has 0 atom stereocenters. The van der Waals surface area contributed by atoms with Gasteiger partial charge in [-0.3, -0.25) is 42.3 Å². The van der Waals surface area contributed by atoms with E-state index in [0.717, 1.165) is 6.42 Å². The molecule has 0 aliphatic carbocycles. The van der Waals surface area contributed by atoms with Gasteiger partial charge >= 0.3 is 0 Å². The van der Waals surface area contributed by atoms with Gasteiger partial charge in [0.05, 0.1) is 16.6 Å². The molecule has 3 rings (SSSR count). The third-order valence-corrected chi connectivity index (χ3v) is 22.3. The summed E-state index contributed by atoms with van der Waals surface area (Å²) in [5, 5.41) is 0. The topological polar surface area (TPSA) is 66.2 Å². The quantitative estimate of drug-likeness (QED) is 0.189. The van der Waals surface area contributed by atoms with Gasteiger partial charge in [-0.15, -0.1) is 0 Å². The van der Waals surface area contributed by atoms with Crippen LogP contribution in [0.15, 0.2) is 14.2 Å². The monoisotopic (exact) mass is 897 g/mol. The Morgan fingerprint density at radius 2 is 0.593 bits per heavy atom. The fraction of sp³-hybridized carbons (Fsp3) is 1.00. The largest absolute Gasteiger partial charge is 0.255 e. The lowest BCUT2D eigenvalue weighted by Gasteiger charge is -2.47. The standard InChI is InChI=1S/C16H33N4P.C14H35N4P.C10H27N4P.2C2H6/c1-16(2,3)17-21(18-10-4-5-11-18,19-12-6-7-13-19)20-14-8-9-15-20;1-13(2,3)12-14(4,5)15-19(16(6)7,17(8)9)18(10)11;1-10(2,3)11-15(12(4)5,13(6)7)14(8)9;2*1-2/h4-15H2,1-3H3;12H2,1-11H3;1-9H3;2*1-2H3. The average Bonchev–Trinajstić information content (AvgIpc) is 3.90. The number of hydrogen-bond donors (Lipinski definition) is 0. The highest BCUT2D eigenvalue weighted by Gasteiger charge is 2.44. The zero-order valence-corrected chi connectivity index (χ0v) is 47.6. The van der Waals surface area contributed by atoms with E-state index in [4.69, 9.17) is 14.2 Å². The first-order chi connectivity index (χ1) is 26.8. The molecule has 0 saturated carbocycles. The molecule has 3 saturated heterocycles. The Bertz CT molecular complexity index is 1200. The second-order valence-corrected chi connectivity index (χ2v) is 31.2. The fourth-order valence-electron chi connectivity index (χ4n) is 8.82. The van der Waals surface area contributed by atoms with Gasteiger partial charge < -0.3 is 0 Å². The van der Waals surface area contributed by atoms with Gasteiger partial charge in [0, 0.05) is 39.3 Å². The Morgan fingerprint density at radius 1 is 0.373 bits per heavy atom. The summed E-state index contributed by atoms with van der Waals surface area (Å²) in [5.41, 5.74) is 0.284. The second kappa shape index (κ2) is 26.3. The van der Waals surface area contributed by atoms with Gasteiger partial charge in [0.2, 0.25) is 0 Å². The summed E-state index contributed by atoms with van der Waals surface area (Å²) < 4.78 is 37.8. The second-order valence-electron chi connectivity index (χ2n) is 20.9. The van der Waals surface area contributed by atoms with E-state index in [2.05, 4.69) is 203 Å². The van der Waals surface area contributed by atoms with E-state index < -0.39 is 22.5 Å². The molecule has 12 nitrogen and oxygen atoms in total. The summed E-state index contributed by atoms with van der Waals surface area (Å²) in [6.45, 7) is 40.3. The van der Waals surface area contributed by atoms with Gasteiger partial charge in [-0.2, -0.15) is 0 Å². The van der Waals surface area contributed by atoms with Crippen molar-refractivity contribution >= 4 is 22.5 Å². The molecule has 15 heteroatoms. The molecule has 0 N–H and O–H groups in total. The predicted molar refractivity (Wildman–Crippen MR) is 273 cm³/mol. The summed E-state index contributed by atoms with van der Waals surface area (Å²) in [7, 11) is 20.2. The van der Waals surface area contributed by atoms with Crippen LogP contribution in [0.2, 0.25) is 0 Å². The first-order valence-electron chi connectivity index (χ1n) is 23.0. The van der Waals surface area contributed by atoms with Crippen LogP contribution < -0.4 is 0 Å². The predicted octanol–water partition coefficient (Wildman–Crippen LogP) is 12.3. The summed E-state index contributed by atoms with van der Waals surface area (Å²) in [5.74, 6) is 0. The van der Waals surface area contributed by atoms with Crippen LogP contribution in [0.4, 0.5) is 0 Å². The number of nitrogens with zero attached hydrogens (tertiary/aromatic N) is 12. The molecule has 3 heterocycles. The summed E-state index contributed by atoms with van der Waals surface area (Å²) in [4.78, 5) is 0. The van der Waals surface area contributed by atoms with E-state index in [1.807, 2.05) is 27.7 Å². The lowest BCUT2D eigenvalue weighted by molar-refractivity contribution is 0.285. The van der Waals surface area contributed by atoms with Crippen LogP contribution in [0, 0.1) is 5.41 Å². The Labute approximate surface area is 372 Å². The van der Waals surface area contributed by atoms with Crippen LogP contribution >= 0.6 is 22.5 Å².